The minimum Gasteiger partial charge on any atom is -0.497 e. The Morgan fingerprint density at radius 1 is 0.704 bits per heavy atom. The number of ether oxygens (including phenoxy) is 2. The maximum atomic E-state index is 11.2. The molecule has 2 aromatic carbocycles. The van der Waals surface area contributed by atoms with Gasteiger partial charge >= 0.3 is 0 Å². The van der Waals surface area contributed by atoms with Gasteiger partial charge in [0.25, 0.3) is 0 Å². The van der Waals surface area contributed by atoms with Gasteiger partial charge in [-0.2, -0.15) is 0 Å². The minimum atomic E-state index is -3.55. The van der Waals surface area contributed by atoms with E-state index in [0.29, 0.717) is 36.9 Å². The molecule has 2 aromatic rings. The molecule has 3 rings (SSSR count). The number of nitrogens with zero attached hydrogens (tertiary/aromatic N) is 1. The molecule has 0 aromatic heterocycles. The first-order valence-electron chi connectivity index (χ1n) is 19.7. The lowest BCUT2D eigenvalue weighted by molar-refractivity contribution is -0.127. The van der Waals surface area contributed by atoms with Crippen molar-refractivity contribution in [3.05, 3.63) is 59.7 Å². The predicted molar refractivity (Wildman–Crippen MR) is 228 cm³/mol. The van der Waals surface area contributed by atoms with Crippen molar-refractivity contribution in [2.45, 2.75) is 133 Å². The molecule has 1 fully saturated rings. The van der Waals surface area contributed by atoms with Crippen LogP contribution in [0.1, 0.15) is 126 Å². The Kier molecular flexibility index (Phi) is 35.0. The van der Waals surface area contributed by atoms with Gasteiger partial charge in [0.05, 0.1) is 25.2 Å². The number of benzene rings is 2. The second-order valence-corrected chi connectivity index (χ2v) is 17.2. The van der Waals surface area contributed by atoms with E-state index in [-0.39, 0.29) is 18.9 Å². The number of primary sulfonamides is 1. The summed E-state index contributed by atoms with van der Waals surface area (Å²) in [5, 5.41) is 21.5. The zero-order valence-electron chi connectivity index (χ0n) is 35.3. The number of hydrogen-bond donors (Lipinski definition) is 3. The van der Waals surface area contributed by atoms with Crippen molar-refractivity contribution in [2.24, 2.45) is 34.7 Å². The van der Waals surface area contributed by atoms with Gasteiger partial charge < -0.3 is 24.6 Å². The number of rotatable bonds is 17. The van der Waals surface area contributed by atoms with E-state index in [1.54, 1.807) is 31.4 Å². The topological polar surface area (TPSA) is 139 Å². The van der Waals surface area contributed by atoms with Crippen LogP contribution in [0, 0.1) is 29.6 Å². The maximum Gasteiger partial charge on any atom is 0.238 e. The Hall–Kier alpha value is -2.50. The normalized spacial score (nSPS) is 12.3. The van der Waals surface area contributed by atoms with Gasteiger partial charge in [0.1, 0.15) is 5.75 Å². The fourth-order valence-electron chi connectivity index (χ4n) is 4.89. The SMILES string of the molecule is C.CC(C)CCCN1CCCC1=O.CC(C)CCO.CC(C)CCOCCO.CC(C)Cc1ccc(S(N)(=O)=O)cc1.COc1ccc(CC(C)C)cc1. The number of likely N-dealkylation sites (tertiary alicyclic amines) is 1. The van der Waals surface area contributed by atoms with Crippen LogP contribution in [-0.2, 0) is 32.4 Å². The molecule has 10 heteroatoms. The molecule has 316 valence electrons. The molecular formula is C44H82N2O7S. The summed E-state index contributed by atoms with van der Waals surface area (Å²) >= 11 is 0. The second-order valence-electron chi connectivity index (χ2n) is 15.7. The molecule has 1 heterocycles. The van der Waals surface area contributed by atoms with Crippen LogP contribution in [0.3, 0.4) is 0 Å². The number of amides is 1. The van der Waals surface area contributed by atoms with Gasteiger partial charge in [-0.15, -0.1) is 0 Å². The summed E-state index contributed by atoms with van der Waals surface area (Å²) in [6.07, 6.45) is 8.37. The third-order valence-corrected chi connectivity index (χ3v) is 8.79. The summed E-state index contributed by atoms with van der Waals surface area (Å²) < 4.78 is 32.0. The van der Waals surface area contributed by atoms with Crippen LogP contribution in [0.4, 0.5) is 0 Å². The molecule has 1 amide bonds. The Morgan fingerprint density at radius 3 is 1.52 bits per heavy atom. The summed E-state index contributed by atoms with van der Waals surface area (Å²) in [4.78, 5) is 13.3. The number of carbonyl (C=O) groups is 1. The number of sulfonamides is 1. The van der Waals surface area contributed by atoms with Gasteiger partial charge in [0.2, 0.25) is 15.9 Å². The smallest absolute Gasteiger partial charge is 0.238 e. The van der Waals surface area contributed by atoms with Crippen LogP contribution in [0.2, 0.25) is 0 Å². The molecule has 0 bridgehead atoms. The lowest BCUT2D eigenvalue weighted by atomic mass is 10.0. The number of hydrogen-bond acceptors (Lipinski definition) is 7. The minimum absolute atomic E-state index is 0. The number of nitrogens with two attached hydrogens (primary N) is 1. The Labute approximate surface area is 332 Å². The number of aliphatic hydroxyl groups is 2. The molecule has 54 heavy (non-hydrogen) atoms. The average Bonchev–Trinajstić information content (AvgIpc) is 3.48. The van der Waals surface area contributed by atoms with Gasteiger partial charge in [-0.25, -0.2) is 13.6 Å². The first kappa shape index (κ1) is 55.8. The zero-order valence-corrected chi connectivity index (χ0v) is 36.1. The third kappa shape index (κ3) is 34.0. The Morgan fingerprint density at radius 2 is 1.19 bits per heavy atom. The zero-order chi connectivity index (χ0) is 40.8. The van der Waals surface area contributed by atoms with E-state index >= 15 is 0 Å². The lowest BCUT2D eigenvalue weighted by Gasteiger charge is -2.15. The monoisotopic (exact) mass is 783 g/mol. The fourth-order valence-corrected chi connectivity index (χ4v) is 5.41. The first-order valence-corrected chi connectivity index (χ1v) is 21.2. The van der Waals surface area contributed by atoms with Gasteiger partial charge in [0.15, 0.2) is 0 Å². The van der Waals surface area contributed by atoms with Crippen molar-refractivity contribution < 1.29 is 32.9 Å². The largest absolute Gasteiger partial charge is 0.497 e. The van der Waals surface area contributed by atoms with Crippen LogP contribution in [-0.4, -0.2) is 76.1 Å². The molecule has 1 aliphatic heterocycles. The highest BCUT2D eigenvalue weighted by Crippen LogP contribution is 2.15. The van der Waals surface area contributed by atoms with E-state index in [2.05, 4.69) is 81.4 Å². The first-order chi connectivity index (χ1) is 24.9. The van der Waals surface area contributed by atoms with E-state index < -0.39 is 10.0 Å². The van der Waals surface area contributed by atoms with Crippen LogP contribution in [0.5, 0.6) is 5.75 Å². The van der Waals surface area contributed by atoms with E-state index in [9.17, 15) is 13.2 Å². The summed E-state index contributed by atoms with van der Waals surface area (Å²) in [7, 11) is -1.86. The Balaban J connectivity index is -0.000000614. The lowest BCUT2D eigenvalue weighted by Crippen LogP contribution is -2.25. The van der Waals surface area contributed by atoms with Crippen molar-refractivity contribution >= 4 is 15.9 Å². The van der Waals surface area contributed by atoms with E-state index in [0.717, 1.165) is 81.4 Å². The molecule has 0 spiro atoms. The maximum absolute atomic E-state index is 11.2. The van der Waals surface area contributed by atoms with Crippen molar-refractivity contribution in [1.29, 1.82) is 0 Å². The highest BCUT2D eigenvalue weighted by molar-refractivity contribution is 7.89. The standard InChI is InChI=1S/C11H16O.C10H15NO2S.C10H19NO.C7H16O2.C5H12O.CH4/c1-9(2)8-10-4-6-11(12-3)7-5-10;1-8(2)7-9-3-5-10(6-4-9)14(11,12)13;1-9(2)5-3-7-11-8-4-6-10(11)12;1-7(2)3-5-9-6-4-8;1-5(2)3-4-6;/h4-7,9H,8H2,1-3H3;3-6,8H,7H2,1-2H3,(H2,11,12,13);9H,3-8H2,1-2H3;7-8H,3-6H2,1-2H3;5-6H,3-4H2,1-2H3;1H4. The van der Waals surface area contributed by atoms with Gasteiger partial charge in [-0.3, -0.25) is 4.79 Å². The fraction of sp³-hybridized carbons (Fsp3) is 0.705. The van der Waals surface area contributed by atoms with Crippen LogP contribution >= 0.6 is 0 Å². The molecule has 0 saturated carbocycles. The molecule has 4 N–H and O–H groups in total. The molecule has 0 radical (unpaired) electrons. The molecule has 0 atom stereocenters. The summed E-state index contributed by atoms with van der Waals surface area (Å²) in [5.41, 5.74) is 2.51. The van der Waals surface area contributed by atoms with Crippen molar-refractivity contribution in [3.8, 4) is 5.75 Å². The summed E-state index contributed by atoms with van der Waals surface area (Å²) in [6.45, 7) is 25.3. The second kappa shape index (κ2) is 33.8. The molecular weight excluding hydrogens is 701 g/mol. The summed E-state index contributed by atoms with van der Waals surface area (Å²) in [6, 6.07) is 15.0. The third-order valence-electron chi connectivity index (χ3n) is 7.86. The van der Waals surface area contributed by atoms with E-state index in [1.807, 2.05) is 17.0 Å². The number of aliphatic hydroxyl groups excluding tert-OH is 2. The highest BCUT2D eigenvalue weighted by Gasteiger charge is 2.19. The quantitative estimate of drug-likeness (QED) is 0.136. The predicted octanol–water partition coefficient (Wildman–Crippen LogP) is 9.17. The number of carbonyl (C=O) groups excluding carboxylic acids is 1. The van der Waals surface area contributed by atoms with Gasteiger partial charge in [-0.05, 0) is 110 Å². The van der Waals surface area contributed by atoms with Crippen molar-refractivity contribution in [3.63, 3.8) is 0 Å². The molecule has 1 aliphatic rings. The van der Waals surface area contributed by atoms with E-state index in [1.165, 1.54) is 18.4 Å². The average molecular weight is 783 g/mol. The van der Waals surface area contributed by atoms with Crippen molar-refractivity contribution in [1.82, 2.24) is 4.90 Å². The van der Waals surface area contributed by atoms with Crippen LogP contribution in [0.15, 0.2) is 53.4 Å². The molecule has 1 saturated heterocycles. The highest BCUT2D eigenvalue weighted by atomic mass is 32.2. The van der Waals surface area contributed by atoms with Gasteiger partial charge in [0, 0.05) is 32.7 Å². The molecule has 9 nitrogen and oxygen atoms in total. The van der Waals surface area contributed by atoms with Crippen LogP contribution < -0.4 is 9.88 Å². The van der Waals surface area contributed by atoms with Gasteiger partial charge in [-0.1, -0.05) is 101 Å². The van der Waals surface area contributed by atoms with Crippen molar-refractivity contribution in [2.75, 3.05) is 46.6 Å². The summed E-state index contributed by atoms with van der Waals surface area (Å²) in [5.74, 6) is 4.69. The van der Waals surface area contributed by atoms with E-state index in [4.69, 9.17) is 24.8 Å². The van der Waals surface area contributed by atoms with Crippen LogP contribution in [0.25, 0.3) is 0 Å². The Bertz CT molecular complexity index is 1250. The number of methoxy groups -OCH3 is 1. The molecule has 0 unspecified atom stereocenters. The molecule has 0 aliphatic carbocycles.